The summed E-state index contributed by atoms with van der Waals surface area (Å²) in [4.78, 5) is 7.51. The molecule has 0 aromatic heterocycles. The average Bonchev–Trinajstić information content (AvgIpc) is 2.98. The molecule has 3 aliphatic rings. The Balaban J connectivity index is 1.77. The maximum Gasteiger partial charge on any atom is 0.0555 e. The molecule has 3 heterocycles. The van der Waals surface area contributed by atoms with Gasteiger partial charge >= 0.3 is 0 Å². The van der Waals surface area contributed by atoms with Gasteiger partial charge < -0.3 is 5.73 Å². The monoisotopic (exact) mass is 261 g/mol. The second-order valence-electron chi connectivity index (χ2n) is 6.96. The SMILES string of the molecule is CC(C)CCC12CCCN1C1CN=C(C=CN)C1C2. The van der Waals surface area contributed by atoms with Crippen LogP contribution >= 0.6 is 0 Å². The van der Waals surface area contributed by atoms with Crippen LogP contribution < -0.4 is 5.73 Å². The third-order valence-corrected chi connectivity index (χ3v) is 5.41. The van der Waals surface area contributed by atoms with Gasteiger partial charge in [-0.05, 0) is 56.8 Å². The summed E-state index contributed by atoms with van der Waals surface area (Å²) in [7, 11) is 0. The lowest BCUT2D eigenvalue weighted by atomic mass is 9.82. The average molecular weight is 261 g/mol. The predicted molar refractivity (Wildman–Crippen MR) is 80.3 cm³/mol. The number of hydrogen-bond donors (Lipinski definition) is 1. The Morgan fingerprint density at radius 3 is 3.11 bits per heavy atom. The molecule has 0 aromatic carbocycles. The van der Waals surface area contributed by atoms with Crippen molar-refractivity contribution in [2.45, 2.75) is 57.5 Å². The van der Waals surface area contributed by atoms with Gasteiger partial charge in [0, 0.05) is 23.2 Å². The lowest BCUT2D eigenvalue weighted by molar-refractivity contribution is 0.137. The van der Waals surface area contributed by atoms with Gasteiger partial charge in [0.25, 0.3) is 0 Å². The first-order valence-electron chi connectivity index (χ1n) is 7.86. The van der Waals surface area contributed by atoms with Gasteiger partial charge in [0.05, 0.1) is 6.54 Å². The fraction of sp³-hybridized carbons (Fsp3) is 0.812. The van der Waals surface area contributed by atoms with Crippen LogP contribution in [0, 0.1) is 11.8 Å². The zero-order valence-corrected chi connectivity index (χ0v) is 12.3. The minimum Gasteiger partial charge on any atom is -0.405 e. The first-order chi connectivity index (χ1) is 9.16. The lowest BCUT2D eigenvalue weighted by Crippen LogP contribution is -2.43. The second kappa shape index (κ2) is 4.93. The number of aliphatic imine (C=N–C) groups is 1. The van der Waals surface area contributed by atoms with Crippen molar-refractivity contribution in [1.29, 1.82) is 0 Å². The van der Waals surface area contributed by atoms with Crippen LogP contribution in [-0.4, -0.2) is 35.3 Å². The van der Waals surface area contributed by atoms with E-state index in [9.17, 15) is 0 Å². The molecule has 0 bridgehead atoms. The quantitative estimate of drug-likeness (QED) is 0.845. The Morgan fingerprint density at radius 2 is 2.37 bits per heavy atom. The van der Waals surface area contributed by atoms with Crippen molar-refractivity contribution < 1.29 is 0 Å². The maximum atomic E-state index is 5.56. The van der Waals surface area contributed by atoms with Crippen LogP contribution in [-0.2, 0) is 0 Å². The van der Waals surface area contributed by atoms with E-state index in [1.165, 1.54) is 44.4 Å². The van der Waals surface area contributed by atoms with Crippen LogP contribution in [0.15, 0.2) is 17.3 Å². The lowest BCUT2D eigenvalue weighted by Gasteiger charge is -2.35. The summed E-state index contributed by atoms with van der Waals surface area (Å²) in [5.74, 6) is 1.46. The van der Waals surface area contributed by atoms with Gasteiger partial charge in [-0.25, -0.2) is 0 Å². The van der Waals surface area contributed by atoms with E-state index in [0.29, 0.717) is 17.5 Å². The molecule has 2 N–H and O–H groups in total. The van der Waals surface area contributed by atoms with E-state index in [0.717, 1.165) is 12.5 Å². The van der Waals surface area contributed by atoms with Gasteiger partial charge in [-0.2, -0.15) is 0 Å². The second-order valence-corrected chi connectivity index (χ2v) is 6.96. The smallest absolute Gasteiger partial charge is 0.0555 e. The molecule has 106 valence electrons. The molecule has 2 saturated heterocycles. The third kappa shape index (κ3) is 2.12. The molecule has 0 spiro atoms. The molecular weight excluding hydrogens is 234 g/mol. The van der Waals surface area contributed by atoms with Crippen molar-refractivity contribution in [3.8, 4) is 0 Å². The fourth-order valence-electron chi connectivity index (χ4n) is 4.51. The summed E-state index contributed by atoms with van der Waals surface area (Å²) >= 11 is 0. The Hall–Kier alpha value is -0.830. The highest BCUT2D eigenvalue weighted by atomic mass is 15.3. The molecule has 3 atom stereocenters. The molecular formula is C16H27N3. The van der Waals surface area contributed by atoms with Crippen molar-refractivity contribution in [3.63, 3.8) is 0 Å². The van der Waals surface area contributed by atoms with Crippen molar-refractivity contribution >= 4 is 5.71 Å². The summed E-state index contributed by atoms with van der Waals surface area (Å²) in [5.41, 5.74) is 7.31. The van der Waals surface area contributed by atoms with Crippen LogP contribution in [0.2, 0.25) is 0 Å². The first-order valence-corrected chi connectivity index (χ1v) is 7.86. The molecule has 0 radical (unpaired) electrons. The predicted octanol–water partition coefficient (Wildman–Crippen LogP) is 2.57. The van der Waals surface area contributed by atoms with Gasteiger partial charge in [-0.15, -0.1) is 0 Å². The minimum atomic E-state index is 0.489. The molecule has 3 nitrogen and oxygen atoms in total. The largest absolute Gasteiger partial charge is 0.405 e. The number of nitrogens with two attached hydrogens (primary N) is 1. The highest BCUT2D eigenvalue weighted by molar-refractivity contribution is 5.99. The van der Waals surface area contributed by atoms with Gasteiger partial charge in [-0.3, -0.25) is 9.89 Å². The molecule has 3 heteroatoms. The normalized spacial score (nSPS) is 38.2. The van der Waals surface area contributed by atoms with Crippen molar-refractivity contribution in [2.75, 3.05) is 13.1 Å². The van der Waals surface area contributed by atoms with E-state index < -0.39 is 0 Å². The number of allylic oxidation sites excluding steroid dienone is 1. The van der Waals surface area contributed by atoms with Crippen LogP contribution in [0.4, 0.5) is 0 Å². The summed E-state index contributed by atoms with van der Waals surface area (Å²) in [6, 6.07) is 0.667. The molecule has 3 unspecified atom stereocenters. The Bertz CT molecular complexity index is 399. The summed E-state index contributed by atoms with van der Waals surface area (Å²) in [6.45, 7) is 6.97. The van der Waals surface area contributed by atoms with E-state index >= 15 is 0 Å². The molecule has 0 aliphatic carbocycles. The number of hydrogen-bond acceptors (Lipinski definition) is 3. The van der Waals surface area contributed by atoms with Crippen molar-refractivity contribution in [1.82, 2.24) is 4.90 Å². The maximum absolute atomic E-state index is 5.56. The molecule has 0 amide bonds. The van der Waals surface area contributed by atoms with E-state index in [1.54, 1.807) is 6.20 Å². The Kier molecular flexibility index (Phi) is 3.42. The number of fused-ring (bicyclic) bond motifs is 3. The van der Waals surface area contributed by atoms with Crippen LogP contribution in [0.25, 0.3) is 0 Å². The van der Waals surface area contributed by atoms with Crippen LogP contribution in [0.5, 0.6) is 0 Å². The third-order valence-electron chi connectivity index (χ3n) is 5.41. The van der Waals surface area contributed by atoms with Crippen LogP contribution in [0.3, 0.4) is 0 Å². The summed E-state index contributed by atoms with van der Waals surface area (Å²) < 4.78 is 0. The standard InChI is InChI=1S/C16H27N3/c1-12(2)4-7-16-6-3-9-19(16)15-11-18-14(5-8-17)13(15)10-16/h5,8,12-13,15H,3-4,6-7,9-11,17H2,1-2H3. The van der Waals surface area contributed by atoms with E-state index in [-0.39, 0.29) is 0 Å². The first kappa shape index (κ1) is 13.2. The van der Waals surface area contributed by atoms with Crippen molar-refractivity contribution in [3.05, 3.63) is 12.3 Å². The van der Waals surface area contributed by atoms with Gasteiger partial charge in [0.2, 0.25) is 0 Å². The topological polar surface area (TPSA) is 41.6 Å². The highest BCUT2D eigenvalue weighted by Gasteiger charge is 2.55. The molecule has 0 saturated carbocycles. The summed E-state index contributed by atoms with van der Waals surface area (Å²) in [5, 5.41) is 0. The van der Waals surface area contributed by atoms with Gasteiger partial charge in [0.1, 0.15) is 0 Å². The Labute approximate surface area is 117 Å². The van der Waals surface area contributed by atoms with E-state index in [2.05, 4.69) is 18.7 Å². The van der Waals surface area contributed by atoms with Crippen LogP contribution in [0.1, 0.15) is 46.0 Å². The fourth-order valence-corrected chi connectivity index (χ4v) is 4.51. The molecule has 19 heavy (non-hydrogen) atoms. The van der Waals surface area contributed by atoms with Crippen molar-refractivity contribution in [2.24, 2.45) is 22.6 Å². The van der Waals surface area contributed by atoms with Gasteiger partial charge in [-0.1, -0.05) is 13.8 Å². The Morgan fingerprint density at radius 1 is 1.53 bits per heavy atom. The minimum absolute atomic E-state index is 0.489. The molecule has 3 aliphatic heterocycles. The zero-order valence-electron chi connectivity index (χ0n) is 12.3. The number of nitrogens with zero attached hydrogens (tertiary/aromatic N) is 2. The van der Waals surface area contributed by atoms with Gasteiger partial charge in [0.15, 0.2) is 0 Å². The van der Waals surface area contributed by atoms with E-state index in [4.69, 9.17) is 10.7 Å². The highest BCUT2D eigenvalue weighted by Crippen LogP contribution is 2.50. The van der Waals surface area contributed by atoms with E-state index in [1.807, 2.05) is 6.08 Å². The zero-order chi connectivity index (χ0) is 13.5. The number of rotatable bonds is 4. The molecule has 3 rings (SSSR count). The molecule has 0 aromatic rings. The molecule has 2 fully saturated rings. The summed E-state index contributed by atoms with van der Waals surface area (Å²) in [6.07, 6.45) is 10.5.